The smallest absolute Gasteiger partial charge is 0.311 e. The average Bonchev–Trinajstić information content (AvgIpc) is 2.29. The van der Waals surface area contributed by atoms with Crippen LogP contribution < -0.4 is 4.74 Å². The lowest BCUT2D eigenvalue weighted by Crippen LogP contribution is -2.09. The summed E-state index contributed by atoms with van der Waals surface area (Å²) in [5.74, 6) is 0.111. The third kappa shape index (κ3) is 4.45. The van der Waals surface area contributed by atoms with Gasteiger partial charge in [-0.25, -0.2) is 0 Å². The number of esters is 1. The van der Waals surface area contributed by atoms with Gasteiger partial charge in [0.05, 0.1) is 6.07 Å². The second-order valence-electron chi connectivity index (χ2n) is 3.50. The molecule has 1 aromatic rings. The van der Waals surface area contributed by atoms with Gasteiger partial charge in [0.15, 0.2) is 0 Å². The Balaban J connectivity index is 2.40. The van der Waals surface area contributed by atoms with Crippen molar-refractivity contribution in [2.24, 2.45) is 5.92 Å². The van der Waals surface area contributed by atoms with Gasteiger partial charge in [0.1, 0.15) is 5.75 Å². The molecule has 0 aromatic heterocycles. The molecule has 0 saturated heterocycles. The molecular formula is C12H12BrNO2. The van der Waals surface area contributed by atoms with Crippen molar-refractivity contribution in [2.75, 3.05) is 0 Å². The first kappa shape index (κ1) is 12.7. The molecule has 3 nitrogen and oxygen atoms in total. The highest BCUT2D eigenvalue weighted by Crippen LogP contribution is 2.17. The van der Waals surface area contributed by atoms with E-state index in [9.17, 15) is 4.79 Å². The Hall–Kier alpha value is -1.34. The van der Waals surface area contributed by atoms with Crippen LogP contribution in [0, 0.1) is 17.2 Å². The standard InChI is InChI=1S/C12H12BrNO2/c1-9(8-14)2-7-12(15)16-11-5-3-10(13)4-6-11/h3-6,9H,2,7H2,1H3. The fraction of sp³-hybridized carbons (Fsp3) is 0.333. The molecule has 0 heterocycles. The summed E-state index contributed by atoms with van der Waals surface area (Å²) in [4.78, 5) is 11.4. The van der Waals surface area contributed by atoms with Gasteiger partial charge in [-0.1, -0.05) is 15.9 Å². The molecule has 84 valence electrons. The number of halogens is 1. The Kier molecular flexibility index (Phi) is 5.00. The van der Waals surface area contributed by atoms with Crippen LogP contribution in [0.4, 0.5) is 0 Å². The Morgan fingerprint density at radius 1 is 1.50 bits per heavy atom. The third-order valence-electron chi connectivity index (χ3n) is 2.05. The second-order valence-corrected chi connectivity index (χ2v) is 4.41. The lowest BCUT2D eigenvalue weighted by molar-refractivity contribution is -0.134. The van der Waals surface area contributed by atoms with Crippen molar-refractivity contribution in [3.05, 3.63) is 28.7 Å². The fourth-order valence-electron chi connectivity index (χ4n) is 1.08. The number of carbonyl (C=O) groups is 1. The molecule has 0 saturated carbocycles. The summed E-state index contributed by atoms with van der Waals surface area (Å²) in [5, 5.41) is 8.56. The lowest BCUT2D eigenvalue weighted by Gasteiger charge is -2.04. The maximum atomic E-state index is 11.4. The fourth-order valence-corrected chi connectivity index (χ4v) is 1.35. The zero-order chi connectivity index (χ0) is 12.0. The molecule has 0 aliphatic heterocycles. The molecule has 1 aromatic carbocycles. The third-order valence-corrected chi connectivity index (χ3v) is 2.58. The SMILES string of the molecule is CC(C#N)CCC(=O)Oc1ccc(Br)cc1. The van der Waals surface area contributed by atoms with E-state index < -0.39 is 0 Å². The lowest BCUT2D eigenvalue weighted by atomic mass is 10.1. The number of ether oxygens (including phenoxy) is 1. The van der Waals surface area contributed by atoms with Crippen molar-refractivity contribution in [2.45, 2.75) is 19.8 Å². The van der Waals surface area contributed by atoms with Crippen molar-refractivity contribution in [3.63, 3.8) is 0 Å². The van der Waals surface area contributed by atoms with Crippen molar-refractivity contribution < 1.29 is 9.53 Å². The molecule has 1 rings (SSSR count). The van der Waals surface area contributed by atoms with E-state index in [-0.39, 0.29) is 18.3 Å². The number of rotatable bonds is 4. The maximum Gasteiger partial charge on any atom is 0.311 e. The molecule has 0 amide bonds. The van der Waals surface area contributed by atoms with Gasteiger partial charge in [-0.15, -0.1) is 0 Å². The summed E-state index contributed by atoms with van der Waals surface area (Å²) in [7, 11) is 0. The monoisotopic (exact) mass is 281 g/mol. The summed E-state index contributed by atoms with van der Waals surface area (Å²) in [6, 6.07) is 9.13. The van der Waals surface area contributed by atoms with Gasteiger partial charge in [-0.2, -0.15) is 5.26 Å². The van der Waals surface area contributed by atoms with Crippen LogP contribution in [0.15, 0.2) is 28.7 Å². The van der Waals surface area contributed by atoms with Crippen molar-refractivity contribution in [1.82, 2.24) is 0 Å². The molecule has 4 heteroatoms. The van der Waals surface area contributed by atoms with E-state index in [4.69, 9.17) is 10.00 Å². The Bertz CT molecular complexity index is 394. The normalized spacial score (nSPS) is 11.6. The van der Waals surface area contributed by atoms with E-state index in [2.05, 4.69) is 22.0 Å². The Labute approximate surface area is 103 Å². The van der Waals surface area contributed by atoms with E-state index in [0.717, 1.165) is 4.47 Å². The minimum Gasteiger partial charge on any atom is -0.427 e. The number of hydrogen-bond donors (Lipinski definition) is 0. The Morgan fingerprint density at radius 3 is 2.69 bits per heavy atom. The summed E-state index contributed by atoms with van der Waals surface area (Å²) in [6.45, 7) is 1.78. The molecule has 0 radical (unpaired) electrons. The van der Waals surface area contributed by atoms with Crippen LogP contribution in [-0.2, 0) is 4.79 Å². The average molecular weight is 282 g/mol. The van der Waals surface area contributed by atoms with E-state index in [1.165, 1.54) is 0 Å². The molecule has 1 atom stereocenters. The minimum absolute atomic E-state index is 0.113. The number of benzene rings is 1. The molecule has 0 aliphatic rings. The van der Waals surface area contributed by atoms with Gasteiger partial charge >= 0.3 is 5.97 Å². The van der Waals surface area contributed by atoms with E-state index >= 15 is 0 Å². The van der Waals surface area contributed by atoms with Crippen molar-refractivity contribution in [1.29, 1.82) is 5.26 Å². The highest BCUT2D eigenvalue weighted by Gasteiger charge is 2.07. The molecule has 0 fully saturated rings. The maximum absolute atomic E-state index is 11.4. The van der Waals surface area contributed by atoms with Crippen molar-refractivity contribution in [3.8, 4) is 11.8 Å². The molecule has 1 unspecified atom stereocenters. The number of nitriles is 1. The van der Waals surface area contributed by atoms with Crippen LogP contribution >= 0.6 is 15.9 Å². The van der Waals surface area contributed by atoms with Crippen LogP contribution in [0.25, 0.3) is 0 Å². The second kappa shape index (κ2) is 6.29. The van der Waals surface area contributed by atoms with Gasteiger partial charge in [0, 0.05) is 16.8 Å². The minimum atomic E-state index is -0.301. The predicted octanol–water partition coefficient (Wildman–Crippen LogP) is 3.29. The number of hydrogen-bond acceptors (Lipinski definition) is 3. The highest BCUT2D eigenvalue weighted by molar-refractivity contribution is 9.10. The van der Waals surface area contributed by atoms with Gasteiger partial charge in [-0.05, 0) is 37.6 Å². The summed E-state index contributed by atoms with van der Waals surface area (Å²) < 4.78 is 6.03. The van der Waals surface area contributed by atoms with Crippen LogP contribution in [0.1, 0.15) is 19.8 Å². The van der Waals surface area contributed by atoms with E-state index in [0.29, 0.717) is 12.2 Å². The summed E-state index contributed by atoms with van der Waals surface area (Å²) in [6.07, 6.45) is 0.802. The van der Waals surface area contributed by atoms with Gasteiger partial charge in [0.25, 0.3) is 0 Å². The molecule has 16 heavy (non-hydrogen) atoms. The topological polar surface area (TPSA) is 50.1 Å². The van der Waals surface area contributed by atoms with E-state index in [1.807, 2.05) is 0 Å². The first-order chi connectivity index (χ1) is 7.61. The first-order valence-corrected chi connectivity index (χ1v) is 5.77. The van der Waals surface area contributed by atoms with Gasteiger partial charge in [-0.3, -0.25) is 4.79 Å². The highest BCUT2D eigenvalue weighted by atomic mass is 79.9. The zero-order valence-electron chi connectivity index (χ0n) is 8.94. The summed E-state index contributed by atoms with van der Waals surface area (Å²) >= 11 is 3.29. The van der Waals surface area contributed by atoms with Crippen molar-refractivity contribution >= 4 is 21.9 Å². The van der Waals surface area contributed by atoms with Crippen LogP contribution in [-0.4, -0.2) is 5.97 Å². The molecule has 0 spiro atoms. The zero-order valence-corrected chi connectivity index (χ0v) is 10.5. The molecule has 0 bridgehead atoms. The molecule has 0 aliphatic carbocycles. The molecule has 0 N–H and O–H groups in total. The number of nitrogens with zero attached hydrogens (tertiary/aromatic N) is 1. The predicted molar refractivity (Wildman–Crippen MR) is 63.8 cm³/mol. The quantitative estimate of drug-likeness (QED) is 0.629. The van der Waals surface area contributed by atoms with Crippen LogP contribution in [0.3, 0.4) is 0 Å². The van der Waals surface area contributed by atoms with E-state index in [1.54, 1.807) is 31.2 Å². The Morgan fingerprint density at radius 2 is 2.12 bits per heavy atom. The van der Waals surface area contributed by atoms with Crippen LogP contribution in [0.2, 0.25) is 0 Å². The largest absolute Gasteiger partial charge is 0.427 e. The van der Waals surface area contributed by atoms with Crippen LogP contribution in [0.5, 0.6) is 5.75 Å². The summed E-state index contributed by atoms with van der Waals surface area (Å²) in [5.41, 5.74) is 0. The molecular weight excluding hydrogens is 270 g/mol. The van der Waals surface area contributed by atoms with Gasteiger partial charge in [0.2, 0.25) is 0 Å². The van der Waals surface area contributed by atoms with Gasteiger partial charge < -0.3 is 4.74 Å². The first-order valence-electron chi connectivity index (χ1n) is 4.97. The number of carbonyl (C=O) groups excluding carboxylic acids is 1.